The van der Waals surface area contributed by atoms with Crippen LogP contribution in [-0.2, 0) is 16.1 Å². The van der Waals surface area contributed by atoms with E-state index in [4.69, 9.17) is 23.2 Å². The fourth-order valence-corrected chi connectivity index (χ4v) is 3.52. The highest BCUT2D eigenvalue weighted by molar-refractivity contribution is 6.35. The third kappa shape index (κ3) is 6.35. The first kappa shape index (κ1) is 21.4. The molecule has 1 aliphatic heterocycles. The number of hydrogen-bond donors (Lipinski definition) is 2. The molecule has 0 radical (unpaired) electrons. The van der Waals surface area contributed by atoms with Crippen LogP contribution < -0.4 is 15.5 Å². The van der Waals surface area contributed by atoms with Crippen molar-refractivity contribution in [3.05, 3.63) is 64.1 Å². The summed E-state index contributed by atoms with van der Waals surface area (Å²) in [5.74, 6) is -1.28. The van der Waals surface area contributed by atoms with Gasteiger partial charge in [0, 0.05) is 61.5 Å². The molecule has 1 heterocycles. The van der Waals surface area contributed by atoms with E-state index < -0.39 is 11.8 Å². The molecule has 2 amide bonds. The van der Waals surface area contributed by atoms with Gasteiger partial charge in [-0.25, -0.2) is 0 Å². The average molecular weight is 435 g/mol. The monoisotopic (exact) mass is 434 g/mol. The first-order chi connectivity index (χ1) is 14.0. The number of hydrogen-bond acceptors (Lipinski definition) is 4. The fraction of sp³-hybridized carbons (Fsp3) is 0.333. The summed E-state index contributed by atoms with van der Waals surface area (Å²) in [4.78, 5) is 28.5. The van der Waals surface area contributed by atoms with Gasteiger partial charge in [-0.1, -0.05) is 41.4 Å². The lowest BCUT2D eigenvalue weighted by atomic mass is 10.2. The quantitative estimate of drug-likeness (QED) is 0.685. The maximum Gasteiger partial charge on any atom is 0.309 e. The molecule has 154 valence electrons. The smallest absolute Gasteiger partial charge is 0.309 e. The minimum absolute atomic E-state index is 0.221. The van der Waals surface area contributed by atoms with E-state index >= 15 is 0 Å². The van der Waals surface area contributed by atoms with Gasteiger partial charge in [-0.3, -0.25) is 14.5 Å². The average Bonchev–Trinajstić information content (AvgIpc) is 2.74. The lowest BCUT2D eigenvalue weighted by molar-refractivity contribution is -0.139. The molecular formula is C21H24Cl2N4O2. The van der Waals surface area contributed by atoms with Crippen LogP contribution in [-0.4, -0.2) is 56.0 Å². The van der Waals surface area contributed by atoms with Crippen LogP contribution in [0.4, 0.5) is 5.69 Å². The Labute approximate surface area is 180 Å². The van der Waals surface area contributed by atoms with Crippen LogP contribution in [0.2, 0.25) is 10.0 Å². The molecule has 2 aromatic carbocycles. The van der Waals surface area contributed by atoms with Crippen LogP contribution in [0, 0.1) is 0 Å². The van der Waals surface area contributed by atoms with E-state index in [0.29, 0.717) is 18.1 Å². The van der Waals surface area contributed by atoms with Crippen molar-refractivity contribution < 1.29 is 9.59 Å². The van der Waals surface area contributed by atoms with Crippen molar-refractivity contribution in [2.24, 2.45) is 0 Å². The van der Waals surface area contributed by atoms with Crippen molar-refractivity contribution in [1.82, 2.24) is 15.5 Å². The third-order valence-corrected chi connectivity index (χ3v) is 5.50. The predicted molar refractivity (Wildman–Crippen MR) is 116 cm³/mol. The van der Waals surface area contributed by atoms with Gasteiger partial charge in [-0.15, -0.1) is 0 Å². The molecule has 0 saturated carbocycles. The molecule has 0 bridgehead atoms. The molecule has 0 spiro atoms. The first-order valence-corrected chi connectivity index (χ1v) is 10.3. The van der Waals surface area contributed by atoms with Gasteiger partial charge in [-0.2, -0.15) is 0 Å². The number of carbonyl (C=O) groups excluding carboxylic acids is 2. The summed E-state index contributed by atoms with van der Waals surface area (Å²) < 4.78 is 0. The van der Waals surface area contributed by atoms with E-state index in [1.165, 1.54) is 0 Å². The Kier molecular flexibility index (Phi) is 7.75. The van der Waals surface area contributed by atoms with Gasteiger partial charge in [0.05, 0.1) is 0 Å². The molecule has 1 aliphatic rings. The van der Waals surface area contributed by atoms with E-state index in [0.717, 1.165) is 42.5 Å². The van der Waals surface area contributed by atoms with Crippen molar-refractivity contribution in [2.75, 3.05) is 44.2 Å². The van der Waals surface area contributed by atoms with Gasteiger partial charge in [-0.05, 0) is 35.9 Å². The topological polar surface area (TPSA) is 64.7 Å². The van der Waals surface area contributed by atoms with Crippen LogP contribution in [0.5, 0.6) is 0 Å². The van der Waals surface area contributed by atoms with Crippen molar-refractivity contribution in [2.45, 2.75) is 6.54 Å². The highest BCUT2D eigenvalue weighted by atomic mass is 35.5. The van der Waals surface area contributed by atoms with E-state index in [2.05, 4.69) is 20.4 Å². The van der Waals surface area contributed by atoms with E-state index in [1.54, 1.807) is 6.07 Å². The maximum absolute atomic E-state index is 12.0. The highest BCUT2D eigenvalue weighted by Crippen LogP contribution is 2.19. The van der Waals surface area contributed by atoms with Crippen molar-refractivity contribution in [3.8, 4) is 0 Å². The van der Waals surface area contributed by atoms with Crippen LogP contribution in [0.25, 0.3) is 0 Å². The van der Waals surface area contributed by atoms with Crippen LogP contribution >= 0.6 is 23.2 Å². The Morgan fingerprint density at radius 3 is 2.21 bits per heavy atom. The molecule has 0 unspecified atom stereocenters. The summed E-state index contributed by atoms with van der Waals surface area (Å²) in [5, 5.41) is 6.56. The lowest BCUT2D eigenvalue weighted by Crippen LogP contribution is -2.49. The number of benzene rings is 2. The third-order valence-electron chi connectivity index (χ3n) is 4.88. The van der Waals surface area contributed by atoms with Gasteiger partial charge in [0.25, 0.3) is 0 Å². The van der Waals surface area contributed by atoms with Gasteiger partial charge in [0.1, 0.15) is 0 Å². The molecule has 1 fully saturated rings. The van der Waals surface area contributed by atoms with Gasteiger partial charge < -0.3 is 15.5 Å². The summed E-state index contributed by atoms with van der Waals surface area (Å²) >= 11 is 12.0. The number of carbonyl (C=O) groups is 2. The van der Waals surface area contributed by atoms with Gasteiger partial charge >= 0.3 is 11.8 Å². The van der Waals surface area contributed by atoms with E-state index in [1.807, 2.05) is 42.5 Å². The number of halogens is 2. The second kappa shape index (κ2) is 10.5. The fourth-order valence-electron chi connectivity index (χ4n) is 3.19. The zero-order valence-corrected chi connectivity index (χ0v) is 17.5. The first-order valence-electron chi connectivity index (χ1n) is 9.55. The summed E-state index contributed by atoms with van der Waals surface area (Å²) in [6.07, 6.45) is 0. The molecular weight excluding hydrogens is 411 g/mol. The highest BCUT2D eigenvalue weighted by Gasteiger charge is 2.18. The van der Waals surface area contributed by atoms with Gasteiger partial charge in [0.2, 0.25) is 0 Å². The SMILES string of the molecule is O=C(NCCN1CCN(c2ccc(Cl)cc2)CC1)C(=O)NCc1ccccc1Cl. The Bertz CT molecular complexity index is 837. The second-order valence-electron chi connectivity index (χ2n) is 6.84. The summed E-state index contributed by atoms with van der Waals surface area (Å²) in [5.41, 5.74) is 1.94. The van der Waals surface area contributed by atoms with Crippen LogP contribution in [0.3, 0.4) is 0 Å². The number of piperazine rings is 1. The molecule has 2 aromatic rings. The molecule has 1 saturated heterocycles. The normalized spacial score (nSPS) is 14.5. The standard InChI is InChI=1S/C21H24Cl2N4O2/c22-17-5-7-18(8-6-17)27-13-11-26(12-14-27)10-9-24-20(28)21(29)25-15-16-3-1-2-4-19(16)23/h1-8H,9-15H2,(H,24,28)(H,25,29). The number of amides is 2. The van der Waals surface area contributed by atoms with Crippen molar-refractivity contribution in [3.63, 3.8) is 0 Å². The largest absolute Gasteiger partial charge is 0.369 e. The molecule has 0 atom stereocenters. The second-order valence-corrected chi connectivity index (χ2v) is 7.68. The Balaban J connectivity index is 1.33. The van der Waals surface area contributed by atoms with Crippen LogP contribution in [0.15, 0.2) is 48.5 Å². The maximum atomic E-state index is 12.0. The summed E-state index contributed by atoms with van der Waals surface area (Å²) in [6, 6.07) is 15.1. The molecule has 3 rings (SSSR count). The Morgan fingerprint density at radius 1 is 0.862 bits per heavy atom. The van der Waals surface area contributed by atoms with Crippen molar-refractivity contribution >= 4 is 40.7 Å². The van der Waals surface area contributed by atoms with Gasteiger partial charge in [0.15, 0.2) is 0 Å². The summed E-state index contributed by atoms with van der Waals surface area (Å²) in [7, 11) is 0. The van der Waals surface area contributed by atoms with E-state index in [-0.39, 0.29) is 6.54 Å². The minimum Gasteiger partial charge on any atom is -0.369 e. The summed E-state index contributed by atoms with van der Waals surface area (Å²) in [6.45, 7) is 4.98. The molecule has 2 N–H and O–H groups in total. The molecule has 6 nitrogen and oxygen atoms in total. The lowest BCUT2D eigenvalue weighted by Gasteiger charge is -2.36. The van der Waals surface area contributed by atoms with E-state index in [9.17, 15) is 9.59 Å². The van der Waals surface area contributed by atoms with Crippen LogP contribution in [0.1, 0.15) is 5.56 Å². The number of rotatable bonds is 6. The Morgan fingerprint density at radius 2 is 1.52 bits per heavy atom. The molecule has 8 heteroatoms. The van der Waals surface area contributed by atoms with Crippen molar-refractivity contribution in [1.29, 1.82) is 0 Å². The molecule has 0 aliphatic carbocycles. The number of anilines is 1. The minimum atomic E-state index is -0.655. The predicted octanol–water partition coefficient (Wildman–Crippen LogP) is 2.55. The number of nitrogens with zero attached hydrogens (tertiary/aromatic N) is 2. The Hall–Kier alpha value is -2.28. The molecule has 29 heavy (non-hydrogen) atoms. The number of nitrogens with one attached hydrogen (secondary N) is 2. The zero-order chi connectivity index (χ0) is 20.6. The molecule has 0 aromatic heterocycles. The zero-order valence-electron chi connectivity index (χ0n) is 16.0.